The van der Waals surface area contributed by atoms with Gasteiger partial charge in [0, 0.05) is 30.4 Å². The summed E-state index contributed by atoms with van der Waals surface area (Å²) < 4.78 is 0. The van der Waals surface area contributed by atoms with Crippen LogP contribution in [-0.2, 0) is 5.60 Å². The summed E-state index contributed by atoms with van der Waals surface area (Å²) in [6.45, 7) is 0.970. The zero-order valence-electron chi connectivity index (χ0n) is 16.7. The number of piperidine rings is 1. The molecule has 2 aromatic carbocycles. The number of hydrogen-bond acceptors (Lipinski definition) is 4. The molecule has 29 heavy (non-hydrogen) atoms. The molecule has 1 aliphatic rings. The molecule has 6 heteroatoms. The lowest BCUT2D eigenvalue weighted by Gasteiger charge is -2.47. The van der Waals surface area contributed by atoms with Gasteiger partial charge >= 0.3 is 0 Å². The van der Waals surface area contributed by atoms with Gasteiger partial charge in [0.25, 0.3) is 5.91 Å². The first-order valence-corrected chi connectivity index (χ1v) is 9.82. The summed E-state index contributed by atoms with van der Waals surface area (Å²) in [4.78, 5) is 17.1. The Labute approximate surface area is 170 Å². The standard InChI is InChI=1S/C23H26N4O2/c1-26(2)21-16-27(12-11-23(21,29)20-9-4-3-5-10-20)22(28)18-8-6-7-17(13-18)19-14-24-25-15-19/h3-10,13-15,21,29H,11-12,16H2,1-2H3,(H,24,25)/t21-,23+/m1/s1. The van der Waals surface area contributed by atoms with Crippen LogP contribution in [0, 0.1) is 0 Å². The van der Waals surface area contributed by atoms with Gasteiger partial charge in [-0.15, -0.1) is 0 Å². The second kappa shape index (κ2) is 7.81. The van der Waals surface area contributed by atoms with Crippen LogP contribution in [0.2, 0.25) is 0 Å². The summed E-state index contributed by atoms with van der Waals surface area (Å²) in [7, 11) is 3.90. The number of rotatable bonds is 4. The Balaban J connectivity index is 1.58. The number of carbonyl (C=O) groups excluding carboxylic acids is 1. The van der Waals surface area contributed by atoms with Gasteiger partial charge in [0.2, 0.25) is 0 Å². The van der Waals surface area contributed by atoms with Crippen molar-refractivity contribution in [3.05, 3.63) is 78.1 Å². The first kappa shape index (κ1) is 19.4. The van der Waals surface area contributed by atoms with Gasteiger partial charge < -0.3 is 14.9 Å². The first-order valence-electron chi connectivity index (χ1n) is 9.82. The lowest BCUT2D eigenvalue weighted by molar-refractivity contribution is -0.0810. The summed E-state index contributed by atoms with van der Waals surface area (Å²) >= 11 is 0. The van der Waals surface area contributed by atoms with Crippen molar-refractivity contribution < 1.29 is 9.90 Å². The number of hydrogen-bond donors (Lipinski definition) is 2. The van der Waals surface area contributed by atoms with Crippen LogP contribution >= 0.6 is 0 Å². The molecule has 0 aliphatic carbocycles. The molecule has 1 aliphatic heterocycles. The largest absolute Gasteiger partial charge is 0.383 e. The molecular weight excluding hydrogens is 364 g/mol. The van der Waals surface area contributed by atoms with Crippen molar-refractivity contribution in [1.82, 2.24) is 20.0 Å². The van der Waals surface area contributed by atoms with Crippen LogP contribution in [0.25, 0.3) is 11.1 Å². The number of amides is 1. The number of aromatic nitrogens is 2. The van der Waals surface area contributed by atoms with Crippen LogP contribution in [0.15, 0.2) is 67.0 Å². The summed E-state index contributed by atoms with van der Waals surface area (Å²) in [5, 5.41) is 18.3. The average Bonchev–Trinajstić information content (AvgIpc) is 3.29. The van der Waals surface area contributed by atoms with Crippen LogP contribution in [0.5, 0.6) is 0 Å². The van der Waals surface area contributed by atoms with E-state index in [9.17, 15) is 9.90 Å². The Morgan fingerprint density at radius 2 is 1.97 bits per heavy atom. The Hall–Kier alpha value is -2.96. The van der Waals surface area contributed by atoms with E-state index in [1.165, 1.54) is 0 Å². The van der Waals surface area contributed by atoms with Crippen LogP contribution in [0.1, 0.15) is 22.3 Å². The fraction of sp³-hybridized carbons (Fsp3) is 0.304. The molecule has 4 rings (SSSR count). The van der Waals surface area contributed by atoms with E-state index in [2.05, 4.69) is 10.2 Å². The van der Waals surface area contributed by atoms with Gasteiger partial charge in [-0.25, -0.2) is 0 Å². The van der Waals surface area contributed by atoms with Crippen molar-refractivity contribution in [2.45, 2.75) is 18.1 Å². The lowest BCUT2D eigenvalue weighted by atomic mass is 9.79. The van der Waals surface area contributed by atoms with Crippen LogP contribution in [0.3, 0.4) is 0 Å². The number of benzene rings is 2. The predicted octanol–water partition coefficient (Wildman–Crippen LogP) is 2.74. The van der Waals surface area contributed by atoms with E-state index in [1.54, 1.807) is 6.20 Å². The van der Waals surface area contributed by atoms with E-state index in [1.807, 2.05) is 84.7 Å². The number of likely N-dealkylation sites (N-methyl/N-ethyl adjacent to an activating group) is 1. The highest BCUT2D eigenvalue weighted by Gasteiger charge is 2.45. The molecule has 0 saturated carbocycles. The molecule has 1 amide bonds. The second-order valence-electron chi connectivity index (χ2n) is 7.84. The predicted molar refractivity (Wildman–Crippen MR) is 112 cm³/mol. The topological polar surface area (TPSA) is 72.5 Å². The number of likely N-dealkylation sites (tertiary alicyclic amines) is 1. The number of H-pyrrole nitrogens is 1. The highest BCUT2D eigenvalue weighted by atomic mass is 16.3. The lowest BCUT2D eigenvalue weighted by Crippen LogP contribution is -2.60. The van der Waals surface area contributed by atoms with Crippen molar-refractivity contribution in [2.24, 2.45) is 0 Å². The number of aromatic amines is 1. The highest BCUT2D eigenvalue weighted by molar-refractivity contribution is 5.95. The SMILES string of the molecule is CN(C)[C@@H]1CN(C(=O)c2cccc(-c3cn[nH]c3)c2)CC[C@]1(O)c1ccccc1. The number of carbonyl (C=O) groups is 1. The van der Waals surface area contributed by atoms with Crippen LogP contribution < -0.4 is 0 Å². The minimum Gasteiger partial charge on any atom is -0.383 e. The summed E-state index contributed by atoms with van der Waals surface area (Å²) in [5.41, 5.74) is 2.45. The number of nitrogens with one attached hydrogen (secondary N) is 1. The summed E-state index contributed by atoms with van der Waals surface area (Å²) in [6, 6.07) is 17.2. The van der Waals surface area contributed by atoms with Gasteiger partial charge in [-0.2, -0.15) is 5.10 Å². The third kappa shape index (κ3) is 3.69. The van der Waals surface area contributed by atoms with Crippen LogP contribution in [0.4, 0.5) is 0 Å². The Morgan fingerprint density at radius 3 is 2.66 bits per heavy atom. The molecule has 150 valence electrons. The van der Waals surface area contributed by atoms with Crippen LogP contribution in [-0.4, -0.2) is 64.2 Å². The molecule has 6 nitrogen and oxygen atoms in total. The molecule has 2 atom stereocenters. The molecule has 2 heterocycles. The fourth-order valence-corrected chi connectivity index (χ4v) is 4.18. The zero-order chi connectivity index (χ0) is 20.4. The Morgan fingerprint density at radius 1 is 1.17 bits per heavy atom. The molecule has 1 aromatic heterocycles. The maximum absolute atomic E-state index is 13.2. The van der Waals surface area contributed by atoms with E-state index >= 15 is 0 Å². The second-order valence-corrected chi connectivity index (χ2v) is 7.84. The number of nitrogens with zero attached hydrogens (tertiary/aromatic N) is 3. The minimum atomic E-state index is -0.986. The van der Waals surface area contributed by atoms with E-state index in [0.717, 1.165) is 16.7 Å². The molecule has 0 radical (unpaired) electrons. The highest BCUT2D eigenvalue weighted by Crippen LogP contribution is 2.35. The quantitative estimate of drug-likeness (QED) is 0.719. The smallest absolute Gasteiger partial charge is 0.253 e. The van der Waals surface area contributed by atoms with E-state index < -0.39 is 5.60 Å². The molecule has 0 spiro atoms. The van der Waals surface area contributed by atoms with Crippen molar-refractivity contribution in [1.29, 1.82) is 0 Å². The first-order chi connectivity index (χ1) is 14.0. The normalized spacial score (nSPS) is 22.1. The molecule has 0 unspecified atom stereocenters. The third-order valence-electron chi connectivity index (χ3n) is 5.83. The van der Waals surface area contributed by atoms with E-state index in [0.29, 0.717) is 25.1 Å². The number of aliphatic hydroxyl groups is 1. The molecule has 0 bridgehead atoms. The van der Waals surface area contributed by atoms with Gasteiger partial charge in [-0.3, -0.25) is 9.89 Å². The summed E-state index contributed by atoms with van der Waals surface area (Å²) in [5.74, 6) is -0.0164. The molecule has 1 fully saturated rings. The van der Waals surface area contributed by atoms with Gasteiger partial charge in [0.15, 0.2) is 0 Å². The van der Waals surface area contributed by atoms with E-state index in [-0.39, 0.29) is 11.9 Å². The maximum Gasteiger partial charge on any atom is 0.253 e. The monoisotopic (exact) mass is 390 g/mol. The average molecular weight is 390 g/mol. The van der Waals surface area contributed by atoms with Gasteiger partial charge in [0.05, 0.1) is 12.2 Å². The minimum absolute atomic E-state index is 0.0164. The van der Waals surface area contributed by atoms with Crippen molar-refractivity contribution in [3.63, 3.8) is 0 Å². The molecular formula is C23H26N4O2. The fourth-order valence-electron chi connectivity index (χ4n) is 4.18. The zero-order valence-corrected chi connectivity index (χ0v) is 16.7. The van der Waals surface area contributed by atoms with Crippen molar-refractivity contribution in [3.8, 4) is 11.1 Å². The molecule has 2 N–H and O–H groups in total. The van der Waals surface area contributed by atoms with Gasteiger partial charge in [-0.1, -0.05) is 42.5 Å². The van der Waals surface area contributed by atoms with Gasteiger partial charge in [0.1, 0.15) is 5.60 Å². The third-order valence-corrected chi connectivity index (χ3v) is 5.83. The Kier molecular flexibility index (Phi) is 5.22. The molecule has 3 aromatic rings. The summed E-state index contributed by atoms with van der Waals surface area (Å²) in [6.07, 6.45) is 4.05. The maximum atomic E-state index is 13.2. The molecule has 1 saturated heterocycles. The van der Waals surface area contributed by atoms with Gasteiger partial charge in [-0.05, 0) is 43.8 Å². The van der Waals surface area contributed by atoms with Crippen molar-refractivity contribution in [2.75, 3.05) is 27.2 Å². The van der Waals surface area contributed by atoms with Crippen molar-refractivity contribution >= 4 is 5.91 Å². The van der Waals surface area contributed by atoms with E-state index in [4.69, 9.17) is 0 Å². The Bertz CT molecular complexity index is 972.